The summed E-state index contributed by atoms with van der Waals surface area (Å²) in [5, 5.41) is 0. The Bertz CT molecular complexity index is 247. The molecular formula is C14H24O2. The molecule has 0 N–H and O–H groups in total. The van der Waals surface area contributed by atoms with Crippen molar-refractivity contribution in [3.05, 3.63) is 12.3 Å². The van der Waals surface area contributed by atoms with E-state index >= 15 is 0 Å². The van der Waals surface area contributed by atoms with Crippen LogP contribution in [0.25, 0.3) is 0 Å². The lowest BCUT2D eigenvalue weighted by Gasteiger charge is -2.29. The van der Waals surface area contributed by atoms with Gasteiger partial charge in [-0.15, -0.1) is 0 Å². The maximum Gasteiger partial charge on any atom is 0.135 e. The Balaban J connectivity index is 2.37. The lowest BCUT2D eigenvalue weighted by Crippen LogP contribution is -2.23. The SMILES string of the molecule is C=C(OC(C)C)C1CCC(C(=O)CC)CC1. The van der Waals surface area contributed by atoms with Gasteiger partial charge >= 0.3 is 0 Å². The lowest BCUT2D eigenvalue weighted by molar-refractivity contribution is -0.123. The molecule has 0 heterocycles. The molecule has 0 spiro atoms. The van der Waals surface area contributed by atoms with E-state index in [-0.39, 0.29) is 6.10 Å². The van der Waals surface area contributed by atoms with E-state index < -0.39 is 0 Å². The fraction of sp³-hybridized carbons (Fsp3) is 0.786. The standard InChI is InChI=1S/C14H24O2/c1-5-14(15)13-8-6-12(7-9-13)11(4)16-10(2)3/h10,12-13H,4-9H2,1-3H3. The summed E-state index contributed by atoms with van der Waals surface area (Å²) in [6.45, 7) is 10.0. The number of rotatable bonds is 5. The van der Waals surface area contributed by atoms with Crippen molar-refractivity contribution in [1.29, 1.82) is 0 Å². The smallest absolute Gasteiger partial charge is 0.135 e. The van der Waals surface area contributed by atoms with Gasteiger partial charge in [0.1, 0.15) is 5.78 Å². The van der Waals surface area contributed by atoms with Crippen molar-refractivity contribution >= 4 is 5.78 Å². The Labute approximate surface area is 99.1 Å². The summed E-state index contributed by atoms with van der Waals surface area (Å²) >= 11 is 0. The third kappa shape index (κ3) is 3.66. The Morgan fingerprint density at radius 2 is 1.75 bits per heavy atom. The Morgan fingerprint density at radius 3 is 2.19 bits per heavy atom. The average molecular weight is 224 g/mol. The molecule has 1 saturated carbocycles. The zero-order valence-electron chi connectivity index (χ0n) is 10.8. The van der Waals surface area contributed by atoms with Crippen LogP contribution in [-0.2, 0) is 9.53 Å². The lowest BCUT2D eigenvalue weighted by atomic mass is 9.79. The van der Waals surface area contributed by atoms with Crippen LogP contribution < -0.4 is 0 Å². The molecule has 0 saturated heterocycles. The second-order valence-corrected chi connectivity index (χ2v) is 5.00. The van der Waals surface area contributed by atoms with Crippen molar-refractivity contribution in [2.24, 2.45) is 11.8 Å². The number of Topliss-reactive ketones (excluding diaryl/α,β-unsaturated/α-hetero) is 1. The molecule has 1 rings (SSSR count). The first-order valence-corrected chi connectivity index (χ1v) is 6.42. The summed E-state index contributed by atoms with van der Waals surface area (Å²) in [7, 11) is 0. The molecule has 0 aromatic carbocycles. The quantitative estimate of drug-likeness (QED) is 0.665. The van der Waals surface area contributed by atoms with Crippen LogP contribution in [0.4, 0.5) is 0 Å². The molecule has 0 radical (unpaired) electrons. The zero-order chi connectivity index (χ0) is 12.1. The Hall–Kier alpha value is -0.790. The van der Waals surface area contributed by atoms with E-state index in [9.17, 15) is 4.79 Å². The van der Waals surface area contributed by atoms with E-state index in [4.69, 9.17) is 4.74 Å². The first-order valence-electron chi connectivity index (χ1n) is 6.42. The van der Waals surface area contributed by atoms with Crippen molar-refractivity contribution in [2.45, 2.75) is 59.0 Å². The Kier molecular flexibility index (Phi) is 5.04. The molecule has 0 bridgehead atoms. The molecule has 1 aliphatic carbocycles. The van der Waals surface area contributed by atoms with E-state index in [0.717, 1.165) is 31.4 Å². The van der Waals surface area contributed by atoms with Crippen LogP contribution in [0.5, 0.6) is 0 Å². The molecule has 1 aliphatic rings. The van der Waals surface area contributed by atoms with Gasteiger partial charge in [0.25, 0.3) is 0 Å². The summed E-state index contributed by atoms with van der Waals surface area (Å²) in [6.07, 6.45) is 5.03. The van der Waals surface area contributed by atoms with Gasteiger partial charge in [-0.3, -0.25) is 4.79 Å². The van der Waals surface area contributed by atoms with E-state index in [2.05, 4.69) is 6.58 Å². The molecule has 0 aromatic rings. The highest BCUT2D eigenvalue weighted by atomic mass is 16.5. The minimum atomic E-state index is 0.211. The molecule has 16 heavy (non-hydrogen) atoms. The zero-order valence-corrected chi connectivity index (χ0v) is 10.8. The van der Waals surface area contributed by atoms with Crippen molar-refractivity contribution in [1.82, 2.24) is 0 Å². The number of allylic oxidation sites excluding steroid dienone is 1. The number of ketones is 1. The molecule has 1 fully saturated rings. The van der Waals surface area contributed by atoms with Gasteiger partial charge in [-0.25, -0.2) is 0 Å². The van der Waals surface area contributed by atoms with Gasteiger partial charge in [0.05, 0.1) is 11.9 Å². The molecule has 0 aliphatic heterocycles. The highest BCUT2D eigenvalue weighted by Crippen LogP contribution is 2.34. The molecular weight excluding hydrogens is 200 g/mol. The van der Waals surface area contributed by atoms with E-state index in [1.165, 1.54) is 0 Å². The van der Waals surface area contributed by atoms with Crippen LogP contribution in [-0.4, -0.2) is 11.9 Å². The first kappa shape index (κ1) is 13.3. The van der Waals surface area contributed by atoms with Crippen molar-refractivity contribution in [3.63, 3.8) is 0 Å². The van der Waals surface area contributed by atoms with Gasteiger partial charge < -0.3 is 4.74 Å². The normalized spacial score (nSPS) is 25.5. The van der Waals surface area contributed by atoms with Gasteiger partial charge in [-0.2, -0.15) is 0 Å². The third-order valence-electron chi connectivity index (χ3n) is 3.37. The molecule has 2 nitrogen and oxygen atoms in total. The van der Waals surface area contributed by atoms with Crippen LogP contribution >= 0.6 is 0 Å². The fourth-order valence-electron chi connectivity index (χ4n) is 2.43. The van der Waals surface area contributed by atoms with E-state index in [0.29, 0.717) is 24.0 Å². The number of carbonyl (C=O) groups is 1. The minimum absolute atomic E-state index is 0.211. The van der Waals surface area contributed by atoms with Gasteiger partial charge in [0.15, 0.2) is 0 Å². The summed E-state index contributed by atoms with van der Waals surface area (Å²) < 4.78 is 5.63. The maximum atomic E-state index is 11.6. The average Bonchev–Trinajstić information content (AvgIpc) is 2.27. The van der Waals surface area contributed by atoms with Gasteiger partial charge in [0, 0.05) is 18.3 Å². The van der Waals surface area contributed by atoms with Crippen LogP contribution in [0, 0.1) is 11.8 Å². The minimum Gasteiger partial charge on any atom is -0.496 e. The van der Waals surface area contributed by atoms with E-state index in [1.807, 2.05) is 20.8 Å². The number of hydrogen-bond acceptors (Lipinski definition) is 2. The molecule has 2 heteroatoms. The highest BCUT2D eigenvalue weighted by Gasteiger charge is 2.27. The summed E-state index contributed by atoms with van der Waals surface area (Å²) in [5.41, 5.74) is 0. The number of carbonyl (C=O) groups excluding carboxylic acids is 1. The van der Waals surface area contributed by atoms with Crippen molar-refractivity contribution in [3.8, 4) is 0 Å². The predicted molar refractivity (Wildman–Crippen MR) is 66.1 cm³/mol. The molecule has 92 valence electrons. The fourth-order valence-corrected chi connectivity index (χ4v) is 2.43. The second kappa shape index (κ2) is 6.07. The summed E-state index contributed by atoms with van der Waals surface area (Å²) in [5.74, 6) is 2.10. The van der Waals surface area contributed by atoms with Crippen molar-refractivity contribution in [2.75, 3.05) is 0 Å². The maximum absolute atomic E-state index is 11.6. The van der Waals surface area contributed by atoms with Crippen LogP contribution in [0.3, 0.4) is 0 Å². The predicted octanol–water partition coefficient (Wildman–Crippen LogP) is 3.71. The second-order valence-electron chi connectivity index (χ2n) is 5.00. The largest absolute Gasteiger partial charge is 0.496 e. The van der Waals surface area contributed by atoms with Crippen LogP contribution in [0.2, 0.25) is 0 Å². The van der Waals surface area contributed by atoms with Crippen LogP contribution in [0.15, 0.2) is 12.3 Å². The van der Waals surface area contributed by atoms with Gasteiger partial charge in [0.2, 0.25) is 0 Å². The monoisotopic (exact) mass is 224 g/mol. The molecule has 0 amide bonds. The number of ether oxygens (including phenoxy) is 1. The molecule has 0 unspecified atom stereocenters. The third-order valence-corrected chi connectivity index (χ3v) is 3.37. The molecule has 0 atom stereocenters. The first-order chi connectivity index (χ1) is 7.54. The number of hydrogen-bond donors (Lipinski definition) is 0. The summed E-state index contributed by atoms with van der Waals surface area (Å²) in [4.78, 5) is 11.6. The highest BCUT2D eigenvalue weighted by molar-refractivity contribution is 5.80. The van der Waals surface area contributed by atoms with Gasteiger partial charge in [-0.1, -0.05) is 13.5 Å². The van der Waals surface area contributed by atoms with Gasteiger partial charge in [-0.05, 0) is 39.5 Å². The topological polar surface area (TPSA) is 26.3 Å². The Morgan fingerprint density at radius 1 is 1.25 bits per heavy atom. The molecule has 0 aromatic heterocycles. The van der Waals surface area contributed by atoms with Crippen LogP contribution in [0.1, 0.15) is 52.9 Å². The summed E-state index contributed by atoms with van der Waals surface area (Å²) in [6, 6.07) is 0. The van der Waals surface area contributed by atoms with Crippen molar-refractivity contribution < 1.29 is 9.53 Å². The van der Waals surface area contributed by atoms with E-state index in [1.54, 1.807) is 0 Å².